The van der Waals surface area contributed by atoms with Crippen LogP contribution in [0.3, 0.4) is 0 Å². The fourth-order valence-corrected chi connectivity index (χ4v) is 1.35. The largest absolute Gasteiger partial charge is 0.480 e. The van der Waals surface area contributed by atoms with Crippen LogP contribution in [0.25, 0.3) is 0 Å². The highest BCUT2D eigenvalue weighted by molar-refractivity contribution is 5.85. The number of rotatable bonds is 1. The summed E-state index contributed by atoms with van der Waals surface area (Å²) in [6.07, 6.45) is -0.446. The van der Waals surface area contributed by atoms with Gasteiger partial charge in [-0.2, -0.15) is 0 Å². The lowest BCUT2D eigenvalue weighted by molar-refractivity contribution is -0.175. The molecule has 2 unspecified atom stereocenters. The Morgan fingerprint density at radius 3 is 2.08 bits per heavy atom. The Labute approximate surface area is 77.2 Å². The molecular formula is C7H14ClNO3. The van der Waals surface area contributed by atoms with Gasteiger partial charge in [0, 0.05) is 11.8 Å². The van der Waals surface area contributed by atoms with E-state index in [0.717, 1.165) is 0 Å². The number of carboxylic acid groups (broad SMARTS) is 1. The van der Waals surface area contributed by atoms with E-state index in [1.165, 1.54) is 0 Å². The van der Waals surface area contributed by atoms with Crippen LogP contribution in [-0.4, -0.2) is 27.8 Å². The predicted molar refractivity (Wildman–Crippen MR) is 46.2 cm³/mol. The smallest absolute Gasteiger partial charge is 0.324 e. The fourth-order valence-electron chi connectivity index (χ4n) is 1.35. The molecule has 0 amide bonds. The molecule has 4 N–H and O–H groups in total. The molecule has 0 aromatic rings. The second kappa shape index (κ2) is 2.87. The molecule has 5 heteroatoms. The molecule has 4 nitrogen and oxygen atoms in total. The van der Waals surface area contributed by atoms with Crippen LogP contribution in [-0.2, 0) is 4.79 Å². The van der Waals surface area contributed by atoms with Crippen LogP contribution in [0.2, 0.25) is 0 Å². The van der Waals surface area contributed by atoms with Crippen LogP contribution in [0.15, 0.2) is 0 Å². The predicted octanol–water partition coefficient (Wildman–Crippen LogP) is -0.0189. The molecule has 0 heterocycles. The van der Waals surface area contributed by atoms with Crippen LogP contribution >= 0.6 is 12.4 Å². The number of halogens is 1. The Morgan fingerprint density at radius 1 is 1.58 bits per heavy atom. The van der Waals surface area contributed by atoms with Gasteiger partial charge in [-0.3, -0.25) is 4.79 Å². The molecule has 0 spiro atoms. The summed E-state index contributed by atoms with van der Waals surface area (Å²) >= 11 is 0. The average molecular weight is 196 g/mol. The molecule has 0 radical (unpaired) electrons. The lowest BCUT2D eigenvalue weighted by Gasteiger charge is -2.54. The lowest BCUT2D eigenvalue weighted by atomic mass is 9.55. The van der Waals surface area contributed by atoms with Gasteiger partial charge in [-0.25, -0.2) is 0 Å². The van der Waals surface area contributed by atoms with Crippen molar-refractivity contribution >= 4 is 18.4 Å². The van der Waals surface area contributed by atoms with E-state index in [2.05, 4.69) is 0 Å². The minimum atomic E-state index is -1.24. The van der Waals surface area contributed by atoms with Crippen molar-refractivity contribution in [2.24, 2.45) is 11.1 Å². The van der Waals surface area contributed by atoms with E-state index in [1.54, 1.807) is 13.8 Å². The molecule has 0 aromatic carbocycles. The molecule has 1 fully saturated rings. The number of aliphatic hydroxyl groups excluding tert-OH is 1. The highest BCUT2D eigenvalue weighted by Crippen LogP contribution is 2.47. The Bertz CT molecular complexity index is 207. The first kappa shape index (κ1) is 11.7. The Morgan fingerprint density at radius 2 is 2.00 bits per heavy atom. The molecule has 12 heavy (non-hydrogen) atoms. The summed E-state index contributed by atoms with van der Waals surface area (Å²) in [4.78, 5) is 10.6. The van der Waals surface area contributed by atoms with Crippen LogP contribution in [0.1, 0.15) is 20.3 Å². The molecule has 0 saturated heterocycles. The monoisotopic (exact) mass is 195 g/mol. The standard InChI is InChI=1S/C7H13NO3.ClH/c1-6(2)4(9)3-7(6,8)5(10)11;/h4,9H,3,8H2,1-2H3,(H,10,11);1H. The van der Waals surface area contributed by atoms with Gasteiger partial charge in [0.15, 0.2) is 0 Å². The summed E-state index contributed by atoms with van der Waals surface area (Å²) in [5, 5.41) is 17.9. The van der Waals surface area contributed by atoms with Gasteiger partial charge in [0.25, 0.3) is 0 Å². The molecular weight excluding hydrogens is 182 g/mol. The summed E-state index contributed by atoms with van der Waals surface area (Å²) in [6, 6.07) is 0. The molecule has 72 valence electrons. The number of nitrogens with two attached hydrogens (primary N) is 1. The maximum absolute atomic E-state index is 10.6. The van der Waals surface area contributed by atoms with E-state index in [-0.39, 0.29) is 18.8 Å². The van der Waals surface area contributed by atoms with E-state index in [1.807, 2.05) is 0 Å². The molecule has 1 rings (SSSR count). The first-order valence-electron chi connectivity index (χ1n) is 3.53. The van der Waals surface area contributed by atoms with E-state index in [4.69, 9.17) is 10.8 Å². The first-order valence-corrected chi connectivity index (χ1v) is 3.53. The van der Waals surface area contributed by atoms with E-state index in [9.17, 15) is 9.90 Å². The topological polar surface area (TPSA) is 83.5 Å². The van der Waals surface area contributed by atoms with Crippen molar-refractivity contribution in [2.75, 3.05) is 0 Å². The van der Waals surface area contributed by atoms with Crippen LogP contribution in [0.5, 0.6) is 0 Å². The highest BCUT2D eigenvalue weighted by Gasteiger charge is 2.62. The number of aliphatic carboxylic acids is 1. The van der Waals surface area contributed by atoms with Gasteiger partial charge in [-0.05, 0) is 0 Å². The van der Waals surface area contributed by atoms with Gasteiger partial charge in [0.1, 0.15) is 5.54 Å². The summed E-state index contributed by atoms with van der Waals surface area (Å²) in [5.41, 5.74) is 3.60. The van der Waals surface area contributed by atoms with Crippen molar-refractivity contribution in [1.29, 1.82) is 0 Å². The fraction of sp³-hybridized carbons (Fsp3) is 0.857. The van der Waals surface area contributed by atoms with Crippen molar-refractivity contribution in [3.05, 3.63) is 0 Å². The number of hydrogen-bond acceptors (Lipinski definition) is 3. The summed E-state index contributed by atoms with van der Waals surface area (Å²) < 4.78 is 0. The highest BCUT2D eigenvalue weighted by atomic mass is 35.5. The third kappa shape index (κ3) is 1.11. The lowest BCUT2D eigenvalue weighted by Crippen LogP contribution is -2.73. The normalized spacial score (nSPS) is 37.8. The molecule has 0 aromatic heterocycles. The maximum Gasteiger partial charge on any atom is 0.324 e. The van der Waals surface area contributed by atoms with Gasteiger partial charge in [-0.1, -0.05) is 13.8 Å². The van der Waals surface area contributed by atoms with Gasteiger partial charge < -0.3 is 15.9 Å². The van der Waals surface area contributed by atoms with Gasteiger partial charge in [-0.15, -0.1) is 12.4 Å². The Kier molecular flexibility index (Phi) is 2.79. The van der Waals surface area contributed by atoms with Crippen LogP contribution < -0.4 is 5.73 Å². The number of carbonyl (C=O) groups is 1. The number of carboxylic acids is 1. The van der Waals surface area contributed by atoms with E-state index >= 15 is 0 Å². The quantitative estimate of drug-likeness (QED) is 0.549. The zero-order valence-electron chi connectivity index (χ0n) is 7.07. The minimum Gasteiger partial charge on any atom is -0.480 e. The third-order valence-corrected chi connectivity index (χ3v) is 2.88. The zero-order chi connectivity index (χ0) is 8.86. The maximum atomic E-state index is 10.6. The first-order chi connectivity index (χ1) is 4.82. The van der Waals surface area contributed by atoms with Crippen molar-refractivity contribution in [3.63, 3.8) is 0 Å². The van der Waals surface area contributed by atoms with E-state index < -0.39 is 23.0 Å². The molecule has 1 aliphatic carbocycles. The Balaban J connectivity index is 0.00000121. The molecule has 0 bridgehead atoms. The molecule has 0 aliphatic heterocycles. The SMILES string of the molecule is CC1(C)C(O)CC1(N)C(=O)O.Cl. The zero-order valence-corrected chi connectivity index (χ0v) is 7.89. The second-order valence-corrected chi connectivity index (χ2v) is 3.72. The third-order valence-electron chi connectivity index (χ3n) is 2.88. The van der Waals surface area contributed by atoms with Gasteiger partial charge in [0.2, 0.25) is 0 Å². The van der Waals surface area contributed by atoms with Gasteiger partial charge >= 0.3 is 5.97 Å². The summed E-state index contributed by atoms with van der Waals surface area (Å²) in [6.45, 7) is 3.32. The summed E-state index contributed by atoms with van der Waals surface area (Å²) in [7, 11) is 0. The molecule has 1 aliphatic rings. The van der Waals surface area contributed by atoms with Crippen molar-refractivity contribution < 1.29 is 15.0 Å². The van der Waals surface area contributed by atoms with Crippen molar-refractivity contribution in [2.45, 2.75) is 31.9 Å². The minimum absolute atomic E-state index is 0. The average Bonchev–Trinajstić information content (AvgIpc) is 1.87. The van der Waals surface area contributed by atoms with Crippen molar-refractivity contribution in [1.82, 2.24) is 0 Å². The number of aliphatic hydroxyl groups is 1. The second-order valence-electron chi connectivity index (χ2n) is 3.72. The van der Waals surface area contributed by atoms with Crippen molar-refractivity contribution in [3.8, 4) is 0 Å². The summed E-state index contributed by atoms with van der Waals surface area (Å²) in [5.74, 6) is -1.03. The van der Waals surface area contributed by atoms with Crippen LogP contribution in [0.4, 0.5) is 0 Å². The molecule has 2 atom stereocenters. The molecule has 1 saturated carbocycles. The Hall–Kier alpha value is -0.320. The van der Waals surface area contributed by atoms with Crippen LogP contribution in [0, 0.1) is 5.41 Å². The van der Waals surface area contributed by atoms with E-state index in [0.29, 0.717) is 0 Å². The number of hydrogen-bond donors (Lipinski definition) is 3. The van der Waals surface area contributed by atoms with Gasteiger partial charge in [0.05, 0.1) is 6.10 Å².